The van der Waals surface area contributed by atoms with Crippen LogP contribution in [-0.4, -0.2) is 21.0 Å². The molecule has 0 aromatic heterocycles. The van der Waals surface area contributed by atoms with Crippen LogP contribution < -0.4 is 4.74 Å². The molecular formula is C22H20O4S. The fourth-order valence-corrected chi connectivity index (χ4v) is 3.56. The zero-order chi connectivity index (χ0) is 19.4. The van der Waals surface area contributed by atoms with Crippen molar-refractivity contribution < 1.29 is 17.9 Å². The molecule has 0 heterocycles. The molecule has 0 aliphatic carbocycles. The number of carbonyl (C=O) groups is 1. The number of hydrogen-bond donors (Lipinski definition) is 0. The average molecular weight is 380 g/mol. The van der Waals surface area contributed by atoms with Crippen LogP contribution in [0.5, 0.6) is 5.75 Å². The van der Waals surface area contributed by atoms with Crippen molar-refractivity contribution in [2.24, 2.45) is 0 Å². The van der Waals surface area contributed by atoms with Crippen molar-refractivity contribution in [1.82, 2.24) is 0 Å². The van der Waals surface area contributed by atoms with Gasteiger partial charge in [-0.3, -0.25) is 4.79 Å². The van der Waals surface area contributed by atoms with Gasteiger partial charge in [-0.25, -0.2) is 8.42 Å². The highest BCUT2D eigenvalue weighted by Crippen LogP contribution is 2.31. The number of sulfone groups is 1. The lowest BCUT2D eigenvalue weighted by atomic mass is 9.99. The van der Waals surface area contributed by atoms with Gasteiger partial charge in [0.15, 0.2) is 16.1 Å². The van der Waals surface area contributed by atoms with Crippen LogP contribution >= 0.6 is 0 Å². The standard InChI is InChI=1S/C22H20O4S/c1-16-11-19(18-9-6-10-21(13-18)27(2,24)25)12-20(14-23)22(16)26-15-17-7-4-3-5-8-17/h3-14H,15H2,1-2H3. The Morgan fingerprint density at radius 2 is 1.67 bits per heavy atom. The summed E-state index contributed by atoms with van der Waals surface area (Å²) in [4.78, 5) is 11.9. The van der Waals surface area contributed by atoms with Gasteiger partial charge in [0.25, 0.3) is 0 Å². The van der Waals surface area contributed by atoms with Crippen LogP contribution in [0.2, 0.25) is 0 Å². The van der Waals surface area contributed by atoms with E-state index in [-0.39, 0.29) is 4.90 Å². The summed E-state index contributed by atoms with van der Waals surface area (Å²) in [6, 6.07) is 20.0. The summed E-state index contributed by atoms with van der Waals surface area (Å²) in [6.45, 7) is 2.24. The summed E-state index contributed by atoms with van der Waals surface area (Å²) in [6.07, 6.45) is 1.94. The lowest BCUT2D eigenvalue weighted by molar-refractivity contribution is 0.111. The molecular weight excluding hydrogens is 360 g/mol. The number of hydrogen-bond acceptors (Lipinski definition) is 4. The largest absolute Gasteiger partial charge is 0.488 e. The van der Waals surface area contributed by atoms with Crippen LogP contribution in [-0.2, 0) is 16.4 Å². The van der Waals surface area contributed by atoms with E-state index < -0.39 is 9.84 Å². The molecule has 0 N–H and O–H groups in total. The monoisotopic (exact) mass is 380 g/mol. The molecule has 3 aromatic carbocycles. The minimum absolute atomic E-state index is 0.245. The van der Waals surface area contributed by atoms with Crippen LogP contribution in [0.4, 0.5) is 0 Å². The Bertz CT molecular complexity index is 1070. The van der Waals surface area contributed by atoms with E-state index in [2.05, 4.69) is 0 Å². The second kappa shape index (κ2) is 7.76. The third kappa shape index (κ3) is 4.44. The van der Waals surface area contributed by atoms with Crippen LogP contribution in [0.1, 0.15) is 21.5 Å². The Balaban J connectivity index is 1.96. The topological polar surface area (TPSA) is 60.4 Å². The van der Waals surface area contributed by atoms with Gasteiger partial charge in [-0.05, 0) is 53.4 Å². The molecule has 0 unspecified atom stereocenters. The maximum Gasteiger partial charge on any atom is 0.175 e. The molecule has 5 heteroatoms. The molecule has 27 heavy (non-hydrogen) atoms. The highest BCUT2D eigenvalue weighted by molar-refractivity contribution is 7.90. The first-order valence-electron chi connectivity index (χ1n) is 8.45. The Morgan fingerprint density at radius 1 is 0.926 bits per heavy atom. The first kappa shape index (κ1) is 18.9. The van der Waals surface area contributed by atoms with Crippen molar-refractivity contribution in [2.75, 3.05) is 6.26 Å². The number of carbonyl (C=O) groups excluding carboxylic acids is 1. The molecule has 0 radical (unpaired) electrons. The third-order valence-electron chi connectivity index (χ3n) is 4.25. The predicted molar refractivity (Wildman–Crippen MR) is 106 cm³/mol. The van der Waals surface area contributed by atoms with Crippen LogP contribution in [0.15, 0.2) is 71.6 Å². The van der Waals surface area contributed by atoms with Gasteiger partial charge in [0, 0.05) is 6.26 Å². The molecule has 4 nitrogen and oxygen atoms in total. The molecule has 0 saturated carbocycles. The van der Waals surface area contributed by atoms with Crippen molar-refractivity contribution in [1.29, 1.82) is 0 Å². The van der Waals surface area contributed by atoms with Gasteiger partial charge in [0.1, 0.15) is 12.4 Å². The lowest BCUT2D eigenvalue weighted by Crippen LogP contribution is -2.01. The summed E-state index contributed by atoms with van der Waals surface area (Å²) >= 11 is 0. The number of aldehydes is 1. The van der Waals surface area contributed by atoms with Gasteiger partial charge < -0.3 is 4.74 Å². The molecule has 0 aliphatic rings. The van der Waals surface area contributed by atoms with E-state index in [0.717, 1.165) is 28.5 Å². The summed E-state index contributed by atoms with van der Waals surface area (Å²) in [5, 5.41) is 0. The molecule has 3 rings (SSSR count). The average Bonchev–Trinajstić information content (AvgIpc) is 2.66. The van der Waals surface area contributed by atoms with E-state index in [9.17, 15) is 13.2 Å². The van der Waals surface area contributed by atoms with Crippen molar-refractivity contribution in [3.63, 3.8) is 0 Å². The maximum atomic E-state index is 11.8. The maximum absolute atomic E-state index is 11.8. The molecule has 0 spiro atoms. The fraction of sp³-hybridized carbons (Fsp3) is 0.136. The summed E-state index contributed by atoms with van der Waals surface area (Å²) in [5.74, 6) is 0.539. The van der Waals surface area contributed by atoms with E-state index in [1.54, 1.807) is 24.3 Å². The molecule has 138 valence electrons. The molecule has 0 bridgehead atoms. The van der Waals surface area contributed by atoms with Crippen molar-refractivity contribution in [2.45, 2.75) is 18.4 Å². The Morgan fingerprint density at radius 3 is 2.33 bits per heavy atom. The fourth-order valence-electron chi connectivity index (χ4n) is 2.89. The second-order valence-electron chi connectivity index (χ2n) is 6.40. The van der Waals surface area contributed by atoms with Crippen LogP contribution in [0.25, 0.3) is 11.1 Å². The lowest BCUT2D eigenvalue weighted by Gasteiger charge is -2.14. The Kier molecular flexibility index (Phi) is 5.42. The van der Waals surface area contributed by atoms with Gasteiger partial charge in [0.05, 0.1) is 10.5 Å². The number of benzene rings is 3. The Labute approximate surface area is 159 Å². The van der Waals surface area contributed by atoms with E-state index in [0.29, 0.717) is 17.9 Å². The van der Waals surface area contributed by atoms with Crippen molar-refractivity contribution >= 4 is 16.1 Å². The molecule has 0 fully saturated rings. The van der Waals surface area contributed by atoms with Gasteiger partial charge in [-0.15, -0.1) is 0 Å². The predicted octanol–water partition coefficient (Wildman–Crippen LogP) is 4.46. The third-order valence-corrected chi connectivity index (χ3v) is 5.36. The number of aryl methyl sites for hydroxylation is 1. The second-order valence-corrected chi connectivity index (χ2v) is 8.42. The van der Waals surface area contributed by atoms with Crippen molar-refractivity contribution in [3.8, 4) is 16.9 Å². The molecule has 3 aromatic rings. The zero-order valence-corrected chi connectivity index (χ0v) is 16.0. The minimum Gasteiger partial charge on any atom is -0.488 e. The highest BCUT2D eigenvalue weighted by Gasteiger charge is 2.13. The first-order valence-corrected chi connectivity index (χ1v) is 10.3. The van der Waals surface area contributed by atoms with Gasteiger partial charge in [-0.2, -0.15) is 0 Å². The normalized spacial score (nSPS) is 11.2. The molecule has 0 aliphatic heterocycles. The van der Waals surface area contributed by atoms with E-state index >= 15 is 0 Å². The van der Waals surface area contributed by atoms with Crippen molar-refractivity contribution in [3.05, 3.63) is 83.4 Å². The van der Waals surface area contributed by atoms with Gasteiger partial charge >= 0.3 is 0 Å². The van der Waals surface area contributed by atoms with E-state index in [1.165, 1.54) is 6.26 Å². The van der Waals surface area contributed by atoms with Gasteiger partial charge in [-0.1, -0.05) is 42.5 Å². The van der Waals surface area contributed by atoms with E-state index in [4.69, 9.17) is 4.74 Å². The van der Waals surface area contributed by atoms with E-state index in [1.807, 2.05) is 49.4 Å². The molecule has 0 amide bonds. The quantitative estimate of drug-likeness (QED) is 0.593. The molecule has 0 saturated heterocycles. The first-order chi connectivity index (χ1) is 12.9. The zero-order valence-electron chi connectivity index (χ0n) is 15.2. The number of ether oxygens (including phenoxy) is 1. The van der Waals surface area contributed by atoms with Crippen LogP contribution in [0.3, 0.4) is 0 Å². The molecule has 0 atom stereocenters. The summed E-state index contributed by atoms with van der Waals surface area (Å²) in [5.41, 5.74) is 3.77. The minimum atomic E-state index is -3.30. The smallest absolute Gasteiger partial charge is 0.175 e. The van der Waals surface area contributed by atoms with Gasteiger partial charge in [0.2, 0.25) is 0 Å². The highest BCUT2D eigenvalue weighted by atomic mass is 32.2. The SMILES string of the molecule is Cc1cc(-c2cccc(S(C)(=O)=O)c2)cc(C=O)c1OCc1ccccc1. The van der Waals surface area contributed by atoms with Crippen LogP contribution in [0, 0.1) is 6.92 Å². The Hall–Kier alpha value is -2.92. The summed E-state index contributed by atoms with van der Waals surface area (Å²) in [7, 11) is -3.30. The number of rotatable bonds is 6. The summed E-state index contributed by atoms with van der Waals surface area (Å²) < 4.78 is 29.5.